The molecular formula is C18H16N4. The number of hydrogen-bond acceptors (Lipinski definition) is 4. The summed E-state index contributed by atoms with van der Waals surface area (Å²) in [6, 6.07) is 17.6. The molecule has 0 aliphatic carbocycles. The fraction of sp³-hybridized carbons (Fsp3) is 0. The molecule has 2 aromatic carbocycles. The maximum atomic E-state index is 5.70. The van der Waals surface area contributed by atoms with E-state index in [9.17, 15) is 0 Å². The topological polar surface area (TPSA) is 63.8 Å². The molecule has 0 fully saturated rings. The second-order valence-corrected chi connectivity index (χ2v) is 4.80. The van der Waals surface area contributed by atoms with E-state index in [4.69, 9.17) is 5.73 Å². The van der Waals surface area contributed by atoms with Crippen LogP contribution < -0.4 is 11.1 Å². The van der Waals surface area contributed by atoms with Crippen LogP contribution in [-0.2, 0) is 0 Å². The number of nitrogens with one attached hydrogen (secondary N) is 1. The highest BCUT2D eigenvalue weighted by atomic mass is 15.0. The molecule has 0 saturated carbocycles. The number of nitrogens with zero attached hydrogens (tertiary/aromatic N) is 2. The molecule has 0 saturated heterocycles. The van der Waals surface area contributed by atoms with E-state index in [2.05, 4.69) is 15.3 Å². The van der Waals surface area contributed by atoms with Crippen molar-refractivity contribution in [2.45, 2.75) is 0 Å². The Morgan fingerprint density at radius 2 is 1.68 bits per heavy atom. The summed E-state index contributed by atoms with van der Waals surface area (Å²) < 4.78 is 0. The van der Waals surface area contributed by atoms with E-state index in [-0.39, 0.29) is 0 Å². The average Bonchev–Trinajstić information content (AvgIpc) is 2.57. The smallest absolute Gasteiger partial charge is 0.149 e. The van der Waals surface area contributed by atoms with Crippen LogP contribution in [-0.4, -0.2) is 9.97 Å². The molecule has 22 heavy (non-hydrogen) atoms. The predicted octanol–water partition coefficient (Wildman–Crippen LogP) is 3.81. The van der Waals surface area contributed by atoms with Gasteiger partial charge < -0.3 is 11.1 Å². The zero-order chi connectivity index (χ0) is 15.2. The van der Waals surface area contributed by atoms with Gasteiger partial charge in [-0.3, -0.25) is 4.98 Å². The first-order chi connectivity index (χ1) is 10.8. The number of nitrogens with two attached hydrogens (primary N) is 1. The summed E-state index contributed by atoms with van der Waals surface area (Å²) in [5, 5.41) is 3.14. The van der Waals surface area contributed by atoms with Crippen molar-refractivity contribution >= 4 is 17.6 Å². The maximum Gasteiger partial charge on any atom is 0.149 e. The van der Waals surface area contributed by atoms with Crippen LogP contribution in [0.2, 0.25) is 0 Å². The van der Waals surface area contributed by atoms with Gasteiger partial charge in [-0.15, -0.1) is 0 Å². The van der Waals surface area contributed by atoms with Crippen LogP contribution in [0.5, 0.6) is 0 Å². The van der Waals surface area contributed by atoms with E-state index >= 15 is 0 Å². The van der Waals surface area contributed by atoms with E-state index in [0.717, 1.165) is 22.5 Å². The lowest BCUT2D eigenvalue weighted by Crippen LogP contribution is -1.95. The van der Waals surface area contributed by atoms with Crippen molar-refractivity contribution in [3.63, 3.8) is 0 Å². The molecule has 0 radical (unpaired) electrons. The molecule has 1 heterocycles. The van der Waals surface area contributed by atoms with E-state index in [0.29, 0.717) is 5.82 Å². The highest BCUT2D eigenvalue weighted by Crippen LogP contribution is 2.19. The molecule has 0 spiro atoms. The van der Waals surface area contributed by atoms with Gasteiger partial charge in [0.15, 0.2) is 0 Å². The van der Waals surface area contributed by atoms with Crippen molar-refractivity contribution in [2.75, 3.05) is 11.1 Å². The van der Waals surface area contributed by atoms with Gasteiger partial charge in [-0.05, 0) is 23.8 Å². The first-order valence-electron chi connectivity index (χ1n) is 6.97. The highest BCUT2D eigenvalue weighted by Gasteiger charge is 2.01. The summed E-state index contributed by atoms with van der Waals surface area (Å²) in [6.45, 7) is 0. The summed E-state index contributed by atoms with van der Waals surface area (Å²) >= 11 is 0. The lowest BCUT2D eigenvalue weighted by atomic mass is 10.1. The minimum Gasteiger partial charge on any atom is -0.399 e. The van der Waals surface area contributed by atoms with Gasteiger partial charge in [-0.25, -0.2) is 4.98 Å². The molecular weight excluding hydrogens is 272 g/mol. The Morgan fingerprint density at radius 3 is 2.45 bits per heavy atom. The van der Waals surface area contributed by atoms with Gasteiger partial charge in [0, 0.05) is 17.5 Å². The van der Waals surface area contributed by atoms with Crippen LogP contribution in [0.4, 0.5) is 11.5 Å². The van der Waals surface area contributed by atoms with Crippen LogP contribution in [0.3, 0.4) is 0 Å². The monoisotopic (exact) mass is 288 g/mol. The summed E-state index contributed by atoms with van der Waals surface area (Å²) in [5.74, 6) is 0.696. The Bertz CT molecular complexity index is 765. The van der Waals surface area contributed by atoms with Gasteiger partial charge in [-0.2, -0.15) is 0 Å². The molecule has 0 aliphatic rings. The summed E-state index contributed by atoms with van der Waals surface area (Å²) in [4.78, 5) is 8.76. The lowest BCUT2D eigenvalue weighted by Gasteiger charge is -2.04. The first-order valence-corrected chi connectivity index (χ1v) is 6.97. The standard InChI is InChI=1S/C18H16N4/c19-16-8-6-15(7-9-16)17-12-20-13-18(22-17)21-11-10-14-4-2-1-3-5-14/h1-13H,19H2,(H,21,22). The molecule has 0 amide bonds. The molecule has 0 atom stereocenters. The van der Waals surface area contributed by atoms with E-state index in [1.807, 2.05) is 66.9 Å². The Labute approximate surface area is 129 Å². The van der Waals surface area contributed by atoms with Crippen molar-refractivity contribution in [3.05, 3.63) is 78.8 Å². The molecule has 3 N–H and O–H groups in total. The van der Waals surface area contributed by atoms with Crippen molar-refractivity contribution < 1.29 is 0 Å². The molecule has 0 unspecified atom stereocenters. The van der Waals surface area contributed by atoms with Gasteiger partial charge in [0.25, 0.3) is 0 Å². The quantitative estimate of drug-likeness (QED) is 0.717. The zero-order valence-electron chi connectivity index (χ0n) is 12.0. The highest BCUT2D eigenvalue weighted by molar-refractivity contribution is 5.63. The van der Waals surface area contributed by atoms with Crippen LogP contribution in [0.1, 0.15) is 5.56 Å². The van der Waals surface area contributed by atoms with Crippen LogP contribution >= 0.6 is 0 Å². The molecule has 108 valence electrons. The number of anilines is 2. The number of hydrogen-bond donors (Lipinski definition) is 2. The van der Waals surface area contributed by atoms with Crippen LogP contribution in [0.25, 0.3) is 17.3 Å². The normalized spacial score (nSPS) is 10.7. The summed E-state index contributed by atoms with van der Waals surface area (Å²) in [7, 11) is 0. The van der Waals surface area contributed by atoms with Crippen LogP contribution in [0.15, 0.2) is 73.2 Å². The van der Waals surface area contributed by atoms with Crippen molar-refractivity contribution in [2.24, 2.45) is 0 Å². The molecule has 3 aromatic rings. The second kappa shape index (κ2) is 6.54. The van der Waals surface area contributed by atoms with Crippen molar-refractivity contribution in [1.82, 2.24) is 9.97 Å². The molecule has 3 rings (SSSR count). The van der Waals surface area contributed by atoms with E-state index in [1.165, 1.54) is 0 Å². The molecule has 4 nitrogen and oxygen atoms in total. The molecule has 0 aliphatic heterocycles. The average molecular weight is 288 g/mol. The molecule has 1 aromatic heterocycles. The number of aromatic nitrogens is 2. The maximum absolute atomic E-state index is 5.70. The fourth-order valence-electron chi connectivity index (χ4n) is 2.02. The van der Waals surface area contributed by atoms with Crippen molar-refractivity contribution in [3.8, 4) is 11.3 Å². The third-order valence-electron chi connectivity index (χ3n) is 3.15. The SMILES string of the molecule is Nc1ccc(-c2cncc(NC=Cc3ccccc3)n2)cc1. The number of nitrogen functional groups attached to an aromatic ring is 1. The van der Waals surface area contributed by atoms with E-state index < -0.39 is 0 Å². The van der Waals surface area contributed by atoms with Gasteiger partial charge in [-0.1, -0.05) is 42.5 Å². The summed E-state index contributed by atoms with van der Waals surface area (Å²) in [5.41, 5.74) is 9.34. The Balaban J connectivity index is 1.74. The van der Waals surface area contributed by atoms with Crippen LogP contribution in [0, 0.1) is 0 Å². The van der Waals surface area contributed by atoms with Gasteiger partial charge in [0.1, 0.15) is 5.82 Å². The van der Waals surface area contributed by atoms with Crippen molar-refractivity contribution in [1.29, 1.82) is 0 Å². The Kier molecular flexibility index (Phi) is 4.11. The molecule has 0 bridgehead atoms. The predicted molar refractivity (Wildman–Crippen MR) is 91.0 cm³/mol. The van der Waals surface area contributed by atoms with Gasteiger partial charge >= 0.3 is 0 Å². The second-order valence-electron chi connectivity index (χ2n) is 4.80. The first kappa shape index (κ1) is 13.8. The fourth-order valence-corrected chi connectivity index (χ4v) is 2.02. The molecule has 4 heteroatoms. The summed E-state index contributed by atoms with van der Waals surface area (Å²) in [6.07, 6.45) is 7.26. The number of rotatable bonds is 4. The third kappa shape index (κ3) is 3.49. The Hall–Kier alpha value is -3.14. The Morgan fingerprint density at radius 1 is 0.909 bits per heavy atom. The van der Waals surface area contributed by atoms with E-state index in [1.54, 1.807) is 12.4 Å². The third-order valence-corrected chi connectivity index (χ3v) is 3.15. The van der Waals surface area contributed by atoms with Gasteiger partial charge in [0.2, 0.25) is 0 Å². The minimum absolute atomic E-state index is 0.696. The van der Waals surface area contributed by atoms with Gasteiger partial charge in [0.05, 0.1) is 18.1 Å². The lowest BCUT2D eigenvalue weighted by molar-refractivity contribution is 1.20. The zero-order valence-corrected chi connectivity index (χ0v) is 12.0. The minimum atomic E-state index is 0.696. The number of benzene rings is 2. The largest absolute Gasteiger partial charge is 0.399 e.